The number of hydrogen-bond donors (Lipinski definition) is 1. The van der Waals surface area contributed by atoms with E-state index in [2.05, 4.69) is 4.72 Å². The van der Waals surface area contributed by atoms with Crippen molar-refractivity contribution >= 4 is 33.0 Å². The van der Waals surface area contributed by atoms with Crippen LogP contribution in [0, 0.1) is 12.7 Å². The van der Waals surface area contributed by atoms with Crippen LogP contribution in [0.25, 0.3) is 0 Å². The molecule has 6 rings (SSSR count). The fraction of sp³-hybridized carbons (Fsp3) is 0.114. The van der Waals surface area contributed by atoms with Crippen LogP contribution in [0.1, 0.15) is 33.2 Å². The summed E-state index contributed by atoms with van der Waals surface area (Å²) >= 11 is 0. The number of sulfonamides is 1. The van der Waals surface area contributed by atoms with Crippen LogP contribution >= 0.6 is 0 Å². The molecule has 0 radical (unpaired) electrons. The van der Waals surface area contributed by atoms with Gasteiger partial charge < -0.3 is 9.64 Å². The third-order valence-electron chi connectivity index (χ3n) is 7.60. The van der Waals surface area contributed by atoms with Crippen molar-refractivity contribution in [3.63, 3.8) is 0 Å². The topological polar surface area (TPSA) is 78.9 Å². The second-order valence-corrected chi connectivity index (χ2v) is 12.2. The zero-order valence-electron chi connectivity index (χ0n) is 24.1. The highest BCUT2D eigenvalue weighted by atomic mass is 32.2. The summed E-state index contributed by atoms with van der Waals surface area (Å²) in [7, 11) is -2.46. The fourth-order valence-electron chi connectivity index (χ4n) is 5.37. The average Bonchev–Trinajstić information content (AvgIpc) is 3.04. The van der Waals surface area contributed by atoms with Gasteiger partial charge in [-0.25, -0.2) is 12.8 Å². The number of fused-ring (bicyclic) bond motifs is 1. The van der Waals surface area contributed by atoms with Crippen LogP contribution in [0.5, 0.6) is 5.75 Å². The second-order valence-electron chi connectivity index (χ2n) is 10.6. The highest BCUT2D eigenvalue weighted by Crippen LogP contribution is 2.43. The molecular weight excluding hydrogens is 577 g/mol. The lowest BCUT2D eigenvalue weighted by Gasteiger charge is -2.46. The molecular formula is C35H30FN3O4S. The van der Waals surface area contributed by atoms with Gasteiger partial charge in [0.25, 0.3) is 15.9 Å². The van der Waals surface area contributed by atoms with E-state index < -0.39 is 27.9 Å². The van der Waals surface area contributed by atoms with E-state index in [4.69, 9.17) is 4.74 Å². The summed E-state index contributed by atoms with van der Waals surface area (Å²) < 4.78 is 49.0. The molecule has 1 aliphatic rings. The van der Waals surface area contributed by atoms with E-state index in [9.17, 15) is 17.6 Å². The largest absolute Gasteiger partial charge is 0.497 e. The van der Waals surface area contributed by atoms with E-state index >= 15 is 0 Å². The molecule has 0 spiro atoms. The minimum Gasteiger partial charge on any atom is -0.497 e. The molecule has 0 aromatic heterocycles. The van der Waals surface area contributed by atoms with Gasteiger partial charge in [-0.3, -0.25) is 14.4 Å². The van der Waals surface area contributed by atoms with Crippen LogP contribution in [-0.2, 0) is 16.6 Å². The Balaban J connectivity index is 1.51. The molecule has 0 saturated carbocycles. The SMILES string of the molecule is COc1ccc(N2C(=O)c3cc(S(=O)(=O)Nc4ccc(C)cc4)ccc3N(Cc3ccccc3)[C@@H]2c2ccc(F)cc2)cc1. The van der Waals surface area contributed by atoms with Gasteiger partial charge in [0.15, 0.2) is 0 Å². The van der Waals surface area contributed by atoms with Gasteiger partial charge in [0.2, 0.25) is 0 Å². The van der Waals surface area contributed by atoms with Gasteiger partial charge in [0.1, 0.15) is 17.7 Å². The van der Waals surface area contributed by atoms with E-state index in [0.29, 0.717) is 34.9 Å². The number of carbonyl (C=O) groups excluding carboxylic acids is 1. The molecule has 0 bridgehead atoms. The molecule has 0 fully saturated rings. The Morgan fingerprint density at radius 2 is 1.52 bits per heavy atom. The van der Waals surface area contributed by atoms with E-state index in [1.54, 1.807) is 66.6 Å². The molecule has 1 atom stereocenters. The first-order valence-corrected chi connectivity index (χ1v) is 15.5. The molecule has 0 aliphatic carbocycles. The van der Waals surface area contributed by atoms with Gasteiger partial charge in [-0.15, -0.1) is 0 Å². The number of aryl methyl sites for hydroxylation is 1. The maximum atomic E-state index is 14.5. The lowest BCUT2D eigenvalue weighted by molar-refractivity contribution is 0.0968. The van der Waals surface area contributed by atoms with E-state index in [0.717, 1.165) is 11.1 Å². The molecule has 5 aromatic carbocycles. The van der Waals surface area contributed by atoms with E-state index in [1.165, 1.54) is 24.3 Å². The monoisotopic (exact) mass is 607 g/mol. The Bertz CT molecular complexity index is 1900. The normalized spacial score (nSPS) is 14.7. The van der Waals surface area contributed by atoms with Gasteiger partial charge in [-0.05, 0) is 84.8 Å². The third-order valence-corrected chi connectivity index (χ3v) is 8.97. The van der Waals surface area contributed by atoms with Gasteiger partial charge in [0, 0.05) is 17.9 Å². The number of rotatable bonds is 8. The maximum Gasteiger partial charge on any atom is 0.262 e. The molecule has 44 heavy (non-hydrogen) atoms. The van der Waals surface area contributed by atoms with Crippen LogP contribution in [0.2, 0.25) is 0 Å². The molecule has 9 heteroatoms. The molecule has 0 saturated heterocycles. The van der Waals surface area contributed by atoms with Crippen LogP contribution in [0.3, 0.4) is 0 Å². The summed E-state index contributed by atoms with van der Waals surface area (Å²) in [4.78, 5) is 18.1. The van der Waals surface area contributed by atoms with Crippen molar-refractivity contribution in [1.82, 2.24) is 0 Å². The average molecular weight is 608 g/mol. The van der Waals surface area contributed by atoms with E-state index in [1.807, 2.05) is 54.3 Å². The minimum atomic E-state index is -4.02. The van der Waals surface area contributed by atoms with Crippen molar-refractivity contribution in [2.75, 3.05) is 21.6 Å². The Kier molecular flexibility index (Phi) is 7.80. The zero-order valence-corrected chi connectivity index (χ0v) is 25.0. The van der Waals surface area contributed by atoms with Crippen molar-refractivity contribution in [3.05, 3.63) is 149 Å². The smallest absolute Gasteiger partial charge is 0.262 e. The number of nitrogens with one attached hydrogen (secondary N) is 1. The highest BCUT2D eigenvalue weighted by molar-refractivity contribution is 7.92. The summed E-state index contributed by atoms with van der Waals surface area (Å²) in [5.41, 5.74) is 4.44. The molecule has 222 valence electrons. The van der Waals surface area contributed by atoms with Crippen molar-refractivity contribution < 1.29 is 22.3 Å². The van der Waals surface area contributed by atoms with Crippen molar-refractivity contribution in [2.24, 2.45) is 0 Å². The number of halogens is 1. The predicted molar refractivity (Wildman–Crippen MR) is 170 cm³/mol. The van der Waals surface area contributed by atoms with Crippen LogP contribution in [-0.4, -0.2) is 21.4 Å². The first kappa shape index (κ1) is 28.9. The van der Waals surface area contributed by atoms with Crippen LogP contribution in [0.15, 0.2) is 126 Å². The second kappa shape index (κ2) is 11.9. The first-order valence-electron chi connectivity index (χ1n) is 14.0. The number of carbonyl (C=O) groups is 1. The summed E-state index contributed by atoms with van der Waals surface area (Å²) in [6.45, 7) is 2.31. The van der Waals surface area contributed by atoms with Crippen LogP contribution < -0.4 is 19.3 Å². The molecule has 1 heterocycles. The zero-order chi connectivity index (χ0) is 30.8. The number of methoxy groups -OCH3 is 1. The third kappa shape index (κ3) is 5.74. The quantitative estimate of drug-likeness (QED) is 0.200. The molecule has 5 aromatic rings. The van der Waals surface area contributed by atoms with E-state index in [-0.39, 0.29) is 10.5 Å². The Hall–Kier alpha value is -5.15. The maximum absolute atomic E-state index is 14.5. The predicted octanol–water partition coefficient (Wildman–Crippen LogP) is 7.31. The number of ether oxygens (including phenoxy) is 1. The Morgan fingerprint density at radius 3 is 2.18 bits per heavy atom. The number of benzene rings is 5. The molecule has 1 aliphatic heterocycles. The van der Waals surface area contributed by atoms with Crippen molar-refractivity contribution in [2.45, 2.75) is 24.5 Å². The Labute approximate surface area is 256 Å². The number of anilines is 3. The first-order chi connectivity index (χ1) is 21.2. The number of amides is 1. The van der Waals surface area contributed by atoms with Gasteiger partial charge in [-0.2, -0.15) is 0 Å². The standard InChI is InChI=1S/C35H30FN3O4S/c1-24-8-14-28(15-9-24)37-44(41,42)31-20-21-33-32(22-31)35(40)39(29-16-18-30(43-2)19-17-29)34(26-10-12-27(36)13-11-26)38(33)23-25-6-4-3-5-7-25/h3-22,34,37H,23H2,1-2H3/t34-/m0/s1. The number of nitrogens with zero attached hydrogens (tertiary/aromatic N) is 2. The lowest BCUT2D eigenvalue weighted by Crippen LogP contribution is -2.49. The summed E-state index contributed by atoms with van der Waals surface area (Å²) in [6.07, 6.45) is -0.669. The summed E-state index contributed by atoms with van der Waals surface area (Å²) in [6, 6.07) is 34.5. The van der Waals surface area contributed by atoms with Crippen molar-refractivity contribution in [1.29, 1.82) is 0 Å². The van der Waals surface area contributed by atoms with Crippen LogP contribution in [0.4, 0.5) is 21.5 Å². The summed E-state index contributed by atoms with van der Waals surface area (Å²) in [5.74, 6) is -0.164. The Morgan fingerprint density at radius 1 is 0.841 bits per heavy atom. The molecule has 1 N–H and O–H groups in total. The molecule has 7 nitrogen and oxygen atoms in total. The fourth-order valence-corrected chi connectivity index (χ4v) is 6.45. The highest BCUT2D eigenvalue weighted by Gasteiger charge is 2.40. The van der Waals surface area contributed by atoms with Gasteiger partial charge in [0.05, 0.1) is 23.3 Å². The lowest BCUT2D eigenvalue weighted by atomic mass is 9.99. The number of hydrogen-bond acceptors (Lipinski definition) is 5. The molecule has 1 amide bonds. The molecule has 0 unspecified atom stereocenters. The van der Waals surface area contributed by atoms with Gasteiger partial charge >= 0.3 is 0 Å². The summed E-state index contributed by atoms with van der Waals surface area (Å²) in [5, 5.41) is 0. The minimum absolute atomic E-state index is 0.0419. The van der Waals surface area contributed by atoms with Gasteiger partial charge in [-0.1, -0.05) is 60.2 Å². The van der Waals surface area contributed by atoms with Crippen molar-refractivity contribution in [3.8, 4) is 5.75 Å².